The van der Waals surface area contributed by atoms with Gasteiger partial charge in [-0.1, -0.05) is 0 Å². The van der Waals surface area contributed by atoms with Crippen molar-refractivity contribution in [2.75, 3.05) is 5.75 Å². The fourth-order valence-corrected chi connectivity index (χ4v) is 1.70. The predicted octanol–water partition coefficient (Wildman–Crippen LogP) is -0.889. The van der Waals surface area contributed by atoms with Gasteiger partial charge in [-0.2, -0.15) is 0 Å². The quantitative estimate of drug-likeness (QED) is 0.439. The summed E-state index contributed by atoms with van der Waals surface area (Å²) in [6.45, 7) is 0. The Morgan fingerprint density at radius 1 is 1.30 bits per heavy atom. The van der Waals surface area contributed by atoms with Gasteiger partial charge >= 0.3 is 0 Å². The van der Waals surface area contributed by atoms with E-state index in [0.29, 0.717) is 0 Å². The van der Waals surface area contributed by atoms with Gasteiger partial charge in [0.05, 0.1) is 6.10 Å². The van der Waals surface area contributed by atoms with Gasteiger partial charge in [-0.05, 0) is 0 Å². The summed E-state index contributed by atoms with van der Waals surface area (Å²) in [7, 11) is 0. The van der Waals surface area contributed by atoms with E-state index in [1.54, 1.807) is 0 Å². The lowest BCUT2D eigenvalue weighted by molar-refractivity contribution is -0.0440. The number of alkyl halides is 1. The molecule has 60 valence electrons. The van der Waals surface area contributed by atoms with Gasteiger partial charge < -0.3 is 15.3 Å². The van der Waals surface area contributed by atoms with Crippen molar-refractivity contribution in [3.8, 4) is 0 Å². The van der Waals surface area contributed by atoms with E-state index in [0.717, 1.165) is 11.8 Å². The van der Waals surface area contributed by atoms with Crippen LogP contribution in [0.15, 0.2) is 0 Å². The van der Waals surface area contributed by atoms with Gasteiger partial charge in [0.1, 0.15) is 11.5 Å². The predicted molar refractivity (Wildman–Crippen MR) is 35.4 cm³/mol. The molecule has 5 heteroatoms. The number of aliphatic hydroxyl groups excluding tert-OH is 3. The summed E-state index contributed by atoms with van der Waals surface area (Å²) in [5, 5.41) is 26.4. The number of halogens is 1. The van der Waals surface area contributed by atoms with Crippen LogP contribution in [-0.4, -0.2) is 44.9 Å². The van der Waals surface area contributed by atoms with Crippen LogP contribution in [0.3, 0.4) is 0 Å². The lowest BCUT2D eigenvalue weighted by atomic mass is 10.1. The van der Waals surface area contributed by atoms with E-state index in [-0.39, 0.29) is 5.75 Å². The first kappa shape index (κ1) is 8.26. The highest BCUT2D eigenvalue weighted by atomic mass is 32.2. The second kappa shape index (κ2) is 3.04. The van der Waals surface area contributed by atoms with Crippen molar-refractivity contribution in [3.63, 3.8) is 0 Å². The molecule has 0 aromatic heterocycles. The van der Waals surface area contributed by atoms with Gasteiger partial charge in [0, 0.05) is 5.75 Å². The average Bonchev–Trinajstić information content (AvgIpc) is 1.93. The maximum absolute atomic E-state index is 12.5. The SMILES string of the molecule is O[C@@H]1[C@@H](F)[C@H](O)CS[C@@H]1O. The Hall–Kier alpha value is 0.160. The summed E-state index contributed by atoms with van der Waals surface area (Å²) >= 11 is 0.954. The smallest absolute Gasteiger partial charge is 0.156 e. The maximum atomic E-state index is 12.5. The highest BCUT2D eigenvalue weighted by Gasteiger charge is 2.37. The van der Waals surface area contributed by atoms with Crippen LogP contribution in [0.1, 0.15) is 0 Å². The van der Waals surface area contributed by atoms with Crippen molar-refractivity contribution in [2.24, 2.45) is 0 Å². The first-order chi connectivity index (χ1) is 4.63. The molecule has 10 heavy (non-hydrogen) atoms. The van der Waals surface area contributed by atoms with E-state index in [1.807, 2.05) is 0 Å². The Morgan fingerprint density at radius 2 is 1.90 bits per heavy atom. The first-order valence-corrected chi connectivity index (χ1v) is 3.97. The zero-order valence-electron chi connectivity index (χ0n) is 5.14. The van der Waals surface area contributed by atoms with E-state index in [4.69, 9.17) is 15.3 Å². The molecular weight excluding hydrogens is 159 g/mol. The fourth-order valence-electron chi connectivity index (χ4n) is 0.773. The standard InChI is InChI=1S/C5H9FO3S/c6-3-2(7)1-10-5(9)4(3)8/h2-5,7-9H,1H2/t2-,3+,4-,5+/m1/s1. The Balaban J connectivity index is 2.52. The summed E-state index contributed by atoms with van der Waals surface area (Å²) < 4.78 is 12.5. The monoisotopic (exact) mass is 168 g/mol. The molecule has 1 aliphatic heterocycles. The lowest BCUT2D eigenvalue weighted by Crippen LogP contribution is -2.46. The number of hydrogen-bond donors (Lipinski definition) is 3. The van der Waals surface area contributed by atoms with Gasteiger partial charge in [-0.25, -0.2) is 4.39 Å². The van der Waals surface area contributed by atoms with Gasteiger partial charge in [-0.3, -0.25) is 0 Å². The highest BCUT2D eigenvalue weighted by Crippen LogP contribution is 2.26. The fraction of sp³-hybridized carbons (Fsp3) is 1.00. The third-order valence-electron chi connectivity index (χ3n) is 1.42. The third-order valence-corrected chi connectivity index (χ3v) is 2.58. The summed E-state index contributed by atoms with van der Waals surface area (Å²) in [5.41, 5.74) is -1.10. The lowest BCUT2D eigenvalue weighted by Gasteiger charge is -2.29. The van der Waals surface area contributed by atoms with Crippen LogP contribution in [-0.2, 0) is 0 Å². The van der Waals surface area contributed by atoms with E-state index in [2.05, 4.69) is 0 Å². The Bertz CT molecular complexity index is 109. The van der Waals surface area contributed by atoms with Crippen LogP contribution >= 0.6 is 11.8 Å². The van der Waals surface area contributed by atoms with E-state index >= 15 is 0 Å². The third kappa shape index (κ3) is 1.42. The molecule has 1 rings (SSSR count). The molecule has 0 amide bonds. The Labute approximate surface area is 61.9 Å². The molecule has 1 fully saturated rings. The molecule has 3 nitrogen and oxygen atoms in total. The van der Waals surface area contributed by atoms with Crippen LogP contribution in [0.25, 0.3) is 0 Å². The number of rotatable bonds is 0. The number of hydrogen-bond acceptors (Lipinski definition) is 4. The number of aliphatic hydroxyl groups is 3. The van der Waals surface area contributed by atoms with Gasteiger partial charge in [0.2, 0.25) is 0 Å². The first-order valence-electron chi connectivity index (χ1n) is 2.93. The number of thioether (sulfide) groups is 1. The zero-order chi connectivity index (χ0) is 7.72. The van der Waals surface area contributed by atoms with E-state index in [9.17, 15) is 4.39 Å². The summed E-state index contributed by atoms with van der Waals surface area (Å²) in [4.78, 5) is 0. The van der Waals surface area contributed by atoms with Gasteiger partial charge in [0.15, 0.2) is 6.17 Å². The normalized spacial score (nSPS) is 49.2. The van der Waals surface area contributed by atoms with Crippen LogP contribution in [0.2, 0.25) is 0 Å². The van der Waals surface area contributed by atoms with Crippen molar-refractivity contribution in [1.29, 1.82) is 0 Å². The minimum absolute atomic E-state index is 0.138. The molecule has 0 aromatic carbocycles. The average molecular weight is 168 g/mol. The molecule has 0 saturated carbocycles. The van der Waals surface area contributed by atoms with Crippen molar-refractivity contribution < 1.29 is 19.7 Å². The molecule has 1 heterocycles. The van der Waals surface area contributed by atoms with Crippen molar-refractivity contribution >= 4 is 11.8 Å². The molecule has 0 unspecified atom stereocenters. The summed E-state index contributed by atoms with van der Waals surface area (Å²) in [6.07, 6.45) is -4.31. The van der Waals surface area contributed by atoms with Gasteiger partial charge in [0.25, 0.3) is 0 Å². The second-order valence-corrected chi connectivity index (χ2v) is 3.38. The van der Waals surface area contributed by atoms with Crippen molar-refractivity contribution in [1.82, 2.24) is 0 Å². The second-order valence-electron chi connectivity index (χ2n) is 2.23. The molecule has 0 aliphatic carbocycles. The van der Waals surface area contributed by atoms with Crippen LogP contribution in [0.4, 0.5) is 4.39 Å². The molecule has 0 spiro atoms. The van der Waals surface area contributed by atoms with Crippen molar-refractivity contribution in [2.45, 2.75) is 23.8 Å². The minimum Gasteiger partial charge on any atom is -0.389 e. The molecule has 4 atom stereocenters. The van der Waals surface area contributed by atoms with Crippen LogP contribution < -0.4 is 0 Å². The topological polar surface area (TPSA) is 60.7 Å². The zero-order valence-corrected chi connectivity index (χ0v) is 5.96. The molecule has 0 bridgehead atoms. The molecule has 0 aromatic rings. The Morgan fingerprint density at radius 3 is 2.40 bits per heavy atom. The van der Waals surface area contributed by atoms with E-state index < -0.39 is 23.8 Å². The van der Waals surface area contributed by atoms with Crippen molar-refractivity contribution in [3.05, 3.63) is 0 Å². The maximum Gasteiger partial charge on any atom is 0.156 e. The summed E-state index contributed by atoms with van der Waals surface area (Å²) in [6, 6.07) is 0. The molecule has 3 N–H and O–H groups in total. The van der Waals surface area contributed by atoms with Crippen LogP contribution in [0, 0.1) is 0 Å². The van der Waals surface area contributed by atoms with E-state index in [1.165, 1.54) is 0 Å². The highest BCUT2D eigenvalue weighted by molar-refractivity contribution is 7.99. The van der Waals surface area contributed by atoms with Gasteiger partial charge in [-0.15, -0.1) is 11.8 Å². The summed E-state index contributed by atoms with van der Waals surface area (Å²) in [5.74, 6) is 0.138. The Kier molecular flexibility index (Phi) is 2.51. The molecule has 1 aliphatic rings. The molecule has 1 saturated heterocycles. The van der Waals surface area contributed by atoms with Crippen LogP contribution in [0.5, 0.6) is 0 Å². The molecule has 0 radical (unpaired) electrons. The molecular formula is C5H9FO3S. The minimum atomic E-state index is -1.71. The largest absolute Gasteiger partial charge is 0.389 e.